The van der Waals surface area contributed by atoms with Crippen molar-refractivity contribution in [2.24, 2.45) is 0 Å². The number of benzene rings is 3. The van der Waals surface area contributed by atoms with Crippen LogP contribution in [0, 0.1) is 22.7 Å². The Bertz CT molecular complexity index is 1480. The number of halogens is 1. The first-order valence-electron chi connectivity index (χ1n) is 11.1. The summed E-state index contributed by atoms with van der Waals surface area (Å²) in [5, 5.41) is 24.1. The number of nitrogen functional groups attached to an aromatic ring is 1. The van der Waals surface area contributed by atoms with Crippen molar-refractivity contribution in [3.05, 3.63) is 99.7 Å². The highest BCUT2D eigenvalue weighted by atomic mass is 79.9. The van der Waals surface area contributed by atoms with Gasteiger partial charge < -0.3 is 15.2 Å². The monoisotopic (exact) mass is 539 g/mol. The van der Waals surface area contributed by atoms with Crippen molar-refractivity contribution < 1.29 is 9.47 Å². The molecule has 178 valence electrons. The molecule has 4 rings (SSSR count). The van der Waals surface area contributed by atoms with E-state index in [1.165, 1.54) is 4.68 Å². The molecule has 0 fully saturated rings. The second-order valence-corrected chi connectivity index (χ2v) is 8.61. The van der Waals surface area contributed by atoms with Crippen molar-refractivity contribution in [1.82, 2.24) is 9.78 Å². The van der Waals surface area contributed by atoms with E-state index in [1.54, 1.807) is 18.2 Å². The Hall–Kier alpha value is -4.53. The maximum Gasteiger partial charge on any atom is 0.161 e. The van der Waals surface area contributed by atoms with Crippen LogP contribution >= 0.6 is 15.9 Å². The molecule has 0 aliphatic carbocycles. The van der Waals surface area contributed by atoms with Crippen molar-refractivity contribution in [3.8, 4) is 29.3 Å². The maximum absolute atomic E-state index is 9.91. The van der Waals surface area contributed by atoms with Crippen LogP contribution in [-0.4, -0.2) is 16.4 Å². The zero-order valence-electron chi connectivity index (χ0n) is 19.5. The Morgan fingerprint density at radius 3 is 2.44 bits per heavy atom. The highest BCUT2D eigenvalue weighted by Crippen LogP contribution is 2.32. The number of aromatic nitrogens is 2. The van der Waals surface area contributed by atoms with Crippen LogP contribution in [0.3, 0.4) is 0 Å². The molecule has 0 radical (unpaired) electrons. The van der Waals surface area contributed by atoms with E-state index in [1.807, 2.05) is 67.6 Å². The van der Waals surface area contributed by atoms with E-state index in [9.17, 15) is 10.5 Å². The number of hydrogen-bond acceptors (Lipinski definition) is 6. The lowest BCUT2D eigenvalue weighted by Gasteiger charge is -2.13. The van der Waals surface area contributed by atoms with E-state index in [-0.39, 0.29) is 22.6 Å². The summed E-state index contributed by atoms with van der Waals surface area (Å²) < 4.78 is 14.2. The van der Waals surface area contributed by atoms with E-state index in [2.05, 4.69) is 33.2 Å². The zero-order valence-corrected chi connectivity index (χ0v) is 21.1. The largest absolute Gasteiger partial charge is 0.490 e. The van der Waals surface area contributed by atoms with Gasteiger partial charge in [0.05, 0.1) is 17.9 Å². The molecular formula is C28H22BrN5O2. The van der Waals surface area contributed by atoms with Gasteiger partial charge in [0, 0.05) is 4.47 Å². The van der Waals surface area contributed by atoms with Crippen molar-refractivity contribution >= 4 is 33.4 Å². The number of nitrogens with two attached hydrogens (primary N) is 1. The average Bonchev–Trinajstić information content (AvgIpc) is 3.24. The molecule has 36 heavy (non-hydrogen) atoms. The van der Waals surface area contributed by atoms with E-state index >= 15 is 0 Å². The molecule has 0 spiro atoms. The molecule has 0 unspecified atom stereocenters. The SMILES string of the molecule is CCOc1cc(/C=C(\C#N)c2nn(-c3ccccc3)c(N)c2C#N)ccc1OCc1ccc(Br)cc1. The summed E-state index contributed by atoms with van der Waals surface area (Å²) in [6.45, 7) is 2.72. The summed E-state index contributed by atoms with van der Waals surface area (Å²) in [6.07, 6.45) is 1.65. The molecule has 0 amide bonds. The first kappa shape index (κ1) is 24.6. The quantitative estimate of drug-likeness (QED) is 0.269. The molecule has 1 heterocycles. The van der Waals surface area contributed by atoms with Crippen LogP contribution in [0.25, 0.3) is 17.3 Å². The normalized spacial score (nSPS) is 10.9. The van der Waals surface area contributed by atoms with Gasteiger partial charge in [-0.05, 0) is 60.5 Å². The van der Waals surface area contributed by atoms with Crippen LogP contribution in [0.15, 0.2) is 77.3 Å². The lowest BCUT2D eigenvalue weighted by Crippen LogP contribution is -2.02. The van der Waals surface area contributed by atoms with Gasteiger partial charge in [0.25, 0.3) is 0 Å². The molecule has 0 saturated carbocycles. The second-order valence-electron chi connectivity index (χ2n) is 7.69. The first-order chi connectivity index (χ1) is 17.5. The Morgan fingerprint density at radius 2 is 1.78 bits per heavy atom. The van der Waals surface area contributed by atoms with E-state index < -0.39 is 0 Å². The molecule has 0 aliphatic heterocycles. The predicted octanol–water partition coefficient (Wildman–Crippen LogP) is 6.13. The van der Waals surface area contributed by atoms with Crippen LogP contribution in [-0.2, 0) is 6.61 Å². The topological polar surface area (TPSA) is 110 Å². The molecule has 8 heteroatoms. The van der Waals surface area contributed by atoms with Crippen LogP contribution in [0.2, 0.25) is 0 Å². The lowest BCUT2D eigenvalue weighted by atomic mass is 10.1. The molecule has 2 N–H and O–H groups in total. The Kier molecular flexibility index (Phi) is 7.69. The summed E-state index contributed by atoms with van der Waals surface area (Å²) in [7, 11) is 0. The molecule has 0 atom stereocenters. The van der Waals surface area contributed by atoms with Gasteiger partial charge in [0.2, 0.25) is 0 Å². The predicted molar refractivity (Wildman–Crippen MR) is 142 cm³/mol. The Balaban J connectivity index is 1.66. The molecule has 7 nitrogen and oxygen atoms in total. The Morgan fingerprint density at radius 1 is 1.03 bits per heavy atom. The number of rotatable bonds is 8. The number of anilines is 1. The third-order valence-corrected chi connectivity index (χ3v) is 5.82. The minimum Gasteiger partial charge on any atom is -0.490 e. The maximum atomic E-state index is 9.91. The van der Waals surface area contributed by atoms with Gasteiger partial charge in [-0.15, -0.1) is 0 Å². The highest BCUT2D eigenvalue weighted by Gasteiger charge is 2.20. The van der Waals surface area contributed by atoms with Crippen molar-refractivity contribution in [2.75, 3.05) is 12.3 Å². The molecular weight excluding hydrogens is 518 g/mol. The van der Waals surface area contributed by atoms with Gasteiger partial charge in [-0.2, -0.15) is 15.6 Å². The fraction of sp³-hybridized carbons (Fsp3) is 0.107. The van der Waals surface area contributed by atoms with Gasteiger partial charge in [-0.25, -0.2) is 4.68 Å². The van der Waals surface area contributed by atoms with E-state index in [0.29, 0.717) is 36.0 Å². The second kappa shape index (κ2) is 11.3. The summed E-state index contributed by atoms with van der Waals surface area (Å²) in [4.78, 5) is 0. The van der Waals surface area contributed by atoms with Gasteiger partial charge in [-0.1, -0.05) is 52.3 Å². The first-order valence-corrected chi connectivity index (χ1v) is 11.9. The van der Waals surface area contributed by atoms with E-state index in [4.69, 9.17) is 15.2 Å². The van der Waals surface area contributed by atoms with Gasteiger partial charge in [-0.3, -0.25) is 0 Å². The van der Waals surface area contributed by atoms with Crippen LogP contribution < -0.4 is 15.2 Å². The van der Waals surface area contributed by atoms with E-state index in [0.717, 1.165) is 10.0 Å². The number of nitriles is 2. The summed E-state index contributed by atoms with van der Waals surface area (Å²) in [5.41, 5.74) is 9.19. The third kappa shape index (κ3) is 5.41. The van der Waals surface area contributed by atoms with Gasteiger partial charge in [0.1, 0.15) is 35.8 Å². The highest BCUT2D eigenvalue weighted by molar-refractivity contribution is 9.10. The minimum absolute atomic E-state index is 0.145. The number of nitrogens with zero attached hydrogens (tertiary/aromatic N) is 4. The van der Waals surface area contributed by atoms with Gasteiger partial charge >= 0.3 is 0 Å². The number of allylic oxidation sites excluding steroid dienone is 1. The number of ether oxygens (including phenoxy) is 2. The van der Waals surface area contributed by atoms with Crippen LogP contribution in [0.5, 0.6) is 11.5 Å². The molecule has 0 aliphatic rings. The fourth-order valence-corrected chi connectivity index (χ4v) is 3.82. The van der Waals surface area contributed by atoms with Crippen LogP contribution in [0.4, 0.5) is 5.82 Å². The summed E-state index contributed by atoms with van der Waals surface area (Å²) in [6, 6.07) is 26.7. The van der Waals surface area contributed by atoms with Crippen molar-refractivity contribution in [1.29, 1.82) is 10.5 Å². The van der Waals surface area contributed by atoms with Gasteiger partial charge in [0.15, 0.2) is 11.5 Å². The zero-order chi connectivity index (χ0) is 25.5. The summed E-state index contributed by atoms with van der Waals surface area (Å²) >= 11 is 3.43. The standard InChI is InChI=1S/C28H22BrN5O2/c1-2-35-26-15-20(10-13-25(26)36-18-19-8-11-22(29)12-9-19)14-21(16-30)27-24(17-31)28(32)34(33-27)23-6-4-3-5-7-23/h3-15H,2,18,32H2,1H3/b21-14+. The molecule has 0 saturated heterocycles. The molecule has 0 bridgehead atoms. The lowest BCUT2D eigenvalue weighted by molar-refractivity contribution is 0.269. The smallest absolute Gasteiger partial charge is 0.161 e. The average molecular weight is 540 g/mol. The van der Waals surface area contributed by atoms with Crippen molar-refractivity contribution in [3.63, 3.8) is 0 Å². The third-order valence-electron chi connectivity index (χ3n) is 5.30. The molecule has 4 aromatic rings. The Labute approximate surface area is 217 Å². The summed E-state index contributed by atoms with van der Waals surface area (Å²) in [5.74, 6) is 1.31. The number of hydrogen-bond donors (Lipinski definition) is 1. The van der Waals surface area contributed by atoms with Crippen molar-refractivity contribution in [2.45, 2.75) is 13.5 Å². The molecule has 3 aromatic carbocycles. The fourth-order valence-electron chi connectivity index (χ4n) is 3.56. The van der Waals surface area contributed by atoms with Crippen LogP contribution in [0.1, 0.15) is 29.3 Å². The number of para-hydroxylation sites is 1. The molecule has 1 aromatic heterocycles. The minimum atomic E-state index is 0.145.